The molecule has 0 atom stereocenters. The summed E-state index contributed by atoms with van der Waals surface area (Å²) in [5, 5.41) is 5.58. The number of nitrogens with one attached hydrogen (secondary N) is 2. The molecule has 7 nitrogen and oxygen atoms in total. The predicted molar refractivity (Wildman–Crippen MR) is 110 cm³/mol. The minimum atomic E-state index is -0.255. The van der Waals surface area contributed by atoms with Crippen LogP contribution < -0.4 is 15.4 Å². The summed E-state index contributed by atoms with van der Waals surface area (Å²) < 4.78 is 7.36. The molecule has 0 bridgehead atoms. The highest BCUT2D eigenvalue weighted by Crippen LogP contribution is 2.29. The monoisotopic (exact) mass is 384 g/mol. The molecule has 3 aromatic carbocycles. The summed E-state index contributed by atoms with van der Waals surface area (Å²) >= 11 is 0. The van der Waals surface area contributed by atoms with Crippen LogP contribution in [0.5, 0.6) is 5.75 Å². The summed E-state index contributed by atoms with van der Waals surface area (Å²) in [7, 11) is 0. The van der Waals surface area contributed by atoms with E-state index in [9.17, 15) is 9.59 Å². The fraction of sp³-hybridized carbons (Fsp3) is 0.0455. The predicted octanol–water partition coefficient (Wildman–Crippen LogP) is 3.61. The molecule has 0 saturated carbocycles. The average Bonchev–Trinajstić information content (AvgIpc) is 3.18. The van der Waals surface area contributed by atoms with Crippen LogP contribution in [0.4, 0.5) is 11.4 Å². The number of ether oxygens (including phenoxy) is 1. The Morgan fingerprint density at radius 2 is 1.90 bits per heavy atom. The van der Waals surface area contributed by atoms with Crippen molar-refractivity contribution in [2.45, 2.75) is 0 Å². The molecule has 2 heterocycles. The van der Waals surface area contributed by atoms with E-state index in [1.807, 2.05) is 53.1 Å². The number of hydrogen-bond donors (Lipinski definition) is 2. The lowest BCUT2D eigenvalue weighted by atomic mass is 10.1. The van der Waals surface area contributed by atoms with E-state index in [-0.39, 0.29) is 18.4 Å². The van der Waals surface area contributed by atoms with Gasteiger partial charge in [-0.15, -0.1) is 0 Å². The summed E-state index contributed by atoms with van der Waals surface area (Å²) in [5.41, 5.74) is 4.59. The van der Waals surface area contributed by atoms with Gasteiger partial charge in [0.25, 0.3) is 11.8 Å². The summed E-state index contributed by atoms with van der Waals surface area (Å²) in [6, 6.07) is 20.4. The quantitative estimate of drug-likeness (QED) is 0.565. The molecule has 1 aliphatic rings. The number of nitrogens with zero attached hydrogens (tertiary/aromatic N) is 2. The van der Waals surface area contributed by atoms with Gasteiger partial charge in [-0.1, -0.05) is 12.1 Å². The van der Waals surface area contributed by atoms with Crippen molar-refractivity contribution >= 4 is 34.2 Å². The Balaban J connectivity index is 1.35. The Morgan fingerprint density at radius 3 is 2.76 bits per heavy atom. The molecule has 4 aromatic rings. The smallest absolute Gasteiger partial charge is 0.262 e. The first-order valence-corrected chi connectivity index (χ1v) is 9.08. The first-order chi connectivity index (χ1) is 14.2. The molecule has 5 rings (SSSR count). The number of carbonyl (C=O) groups is 2. The zero-order chi connectivity index (χ0) is 19.8. The Kier molecular flexibility index (Phi) is 3.98. The van der Waals surface area contributed by atoms with E-state index in [0.717, 1.165) is 16.7 Å². The van der Waals surface area contributed by atoms with E-state index in [1.54, 1.807) is 24.5 Å². The fourth-order valence-electron chi connectivity index (χ4n) is 3.29. The van der Waals surface area contributed by atoms with Crippen molar-refractivity contribution in [3.63, 3.8) is 0 Å². The summed E-state index contributed by atoms with van der Waals surface area (Å²) in [4.78, 5) is 28.3. The third-order valence-corrected chi connectivity index (χ3v) is 4.73. The maximum Gasteiger partial charge on any atom is 0.262 e. The van der Waals surface area contributed by atoms with Crippen molar-refractivity contribution in [2.75, 3.05) is 17.2 Å². The number of carbonyl (C=O) groups excluding carboxylic acids is 2. The van der Waals surface area contributed by atoms with Crippen molar-refractivity contribution in [1.82, 2.24) is 9.55 Å². The minimum Gasteiger partial charge on any atom is -0.482 e. The van der Waals surface area contributed by atoms with Crippen molar-refractivity contribution in [2.24, 2.45) is 0 Å². The number of benzene rings is 3. The number of anilines is 2. The molecule has 1 aromatic heterocycles. The van der Waals surface area contributed by atoms with Gasteiger partial charge in [-0.3, -0.25) is 14.2 Å². The Morgan fingerprint density at radius 1 is 1.07 bits per heavy atom. The van der Waals surface area contributed by atoms with Gasteiger partial charge in [0.2, 0.25) is 0 Å². The molecule has 1 aliphatic heterocycles. The Labute approximate surface area is 165 Å². The highest BCUT2D eigenvalue weighted by atomic mass is 16.5. The zero-order valence-electron chi connectivity index (χ0n) is 15.3. The second-order valence-electron chi connectivity index (χ2n) is 6.65. The van der Waals surface area contributed by atoms with E-state index < -0.39 is 0 Å². The van der Waals surface area contributed by atoms with Crippen LogP contribution in [0.1, 0.15) is 10.4 Å². The SMILES string of the molecule is O=C1COc2cc(C(=O)Nc3ccc(-n4cnc5ccccc54)cc3)ccc2N1. The lowest BCUT2D eigenvalue weighted by molar-refractivity contribution is -0.118. The number of para-hydroxylation sites is 2. The molecule has 2 amide bonds. The van der Waals surface area contributed by atoms with Crippen LogP contribution in [0.25, 0.3) is 16.7 Å². The van der Waals surface area contributed by atoms with Gasteiger partial charge in [-0.25, -0.2) is 4.98 Å². The van der Waals surface area contributed by atoms with Crippen LogP contribution in [0.15, 0.2) is 73.1 Å². The van der Waals surface area contributed by atoms with Crippen LogP contribution >= 0.6 is 0 Å². The number of aromatic nitrogens is 2. The molecular weight excluding hydrogens is 368 g/mol. The summed E-state index contributed by atoms with van der Waals surface area (Å²) in [5.74, 6) is 0.0224. The first kappa shape index (κ1) is 17.0. The van der Waals surface area contributed by atoms with Gasteiger partial charge in [0.05, 0.1) is 16.7 Å². The molecule has 142 valence electrons. The Hall–Kier alpha value is -4.13. The van der Waals surface area contributed by atoms with Crippen molar-refractivity contribution in [3.8, 4) is 11.4 Å². The van der Waals surface area contributed by atoms with Crippen molar-refractivity contribution in [1.29, 1.82) is 0 Å². The van der Waals surface area contributed by atoms with Gasteiger partial charge in [0.15, 0.2) is 6.61 Å². The van der Waals surface area contributed by atoms with E-state index in [2.05, 4.69) is 15.6 Å². The highest BCUT2D eigenvalue weighted by molar-refractivity contribution is 6.05. The third kappa shape index (κ3) is 3.19. The van der Waals surface area contributed by atoms with Gasteiger partial charge < -0.3 is 15.4 Å². The number of amides is 2. The first-order valence-electron chi connectivity index (χ1n) is 9.08. The molecular formula is C22H16N4O3. The van der Waals surface area contributed by atoms with E-state index >= 15 is 0 Å². The lowest BCUT2D eigenvalue weighted by Crippen LogP contribution is -2.25. The van der Waals surface area contributed by atoms with Crippen LogP contribution in [-0.4, -0.2) is 28.0 Å². The topological polar surface area (TPSA) is 85.2 Å². The molecule has 0 fully saturated rings. The standard InChI is InChI=1S/C22H16N4O3/c27-21-12-29-20-11-14(5-10-18(20)25-21)22(28)24-15-6-8-16(9-7-15)26-13-23-17-3-1-2-4-19(17)26/h1-11,13H,12H2,(H,24,28)(H,25,27). The molecule has 2 N–H and O–H groups in total. The average molecular weight is 384 g/mol. The fourth-order valence-corrected chi connectivity index (χ4v) is 3.29. The zero-order valence-corrected chi connectivity index (χ0v) is 15.3. The normalized spacial score (nSPS) is 12.8. The molecule has 0 radical (unpaired) electrons. The number of imidazole rings is 1. The van der Waals surface area contributed by atoms with Gasteiger partial charge in [-0.2, -0.15) is 0 Å². The van der Waals surface area contributed by atoms with E-state index in [1.165, 1.54) is 0 Å². The van der Waals surface area contributed by atoms with Gasteiger partial charge in [0.1, 0.15) is 12.1 Å². The van der Waals surface area contributed by atoms with Crippen molar-refractivity contribution in [3.05, 3.63) is 78.6 Å². The second-order valence-corrected chi connectivity index (χ2v) is 6.65. The van der Waals surface area contributed by atoms with Crippen LogP contribution in [0.3, 0.4) is 0 Å². The summed E-state index contributed by atoms with van der Waals surface area (Å²) in [6.45, 7) is -0.0531. The van der Waals surface area contributed by atoms with Crippen molar-refractivity contribution < 1.29 is 14.3 Å². The molecule has 0 unspecified atom stereocenters. The van der Waals surface area contributed by atoms with E-state index in [4.69, 9.17) is 4.74 Å². The maximum absolute atomic E-state index is 12.6. The molecule has 29 heavy (non-hydrogen) atoms. The van der Waals surface area contributed by atoms with Gasteiger partial charge >= 0.3 is 0 Å². The summed E-state index contributed by atoms with van der Waals surface area (Å²) in [6.07, 6.45) is 1.78. The third-order valence-electron chi connectivity index (χ3n) is 4.73. The number of rotatable bonds is 3. The van der Waals surface area contributed by atoms with Gasteiger partial charge in [-0.05, 0) is 54.6 Å². The largest absolute Gasteiger partial charge is 0.482 e. The molecule has 7 heteroatoms. The van der Waals surface area contributed by atoms with Gasteiger partial charge in [0, 0.05) is 16.9 Å². The highest BCUT2D eigenvalue weighted by Gasteiger charge is 2.18. The minimum absolute atomic E-state index is 0.0531. The number of hydrogen-bond acceptors (Lipinski definition) is 4. The van der Waals surface area contributed by atoms with Crippen LogP contribution in [-0.2, 0) is 4.79 Å². The Bertz CT molecular complexity index is 1240. The number of fused-ring (bicyclic) bond motifs is 2. The second kappa shape index (κ2) is 6.79. The van der Waals surface area contributed by atoms with Crippen LogP contribution in [0, 0.1) is 0 Å². The molecule has 0 aliphatic carbocycles. The van der Waals surface area contributed by atoms with Crippen LogP contribution in [0.2, 0.25) is 0 Å². The maximum atomic E-state index is 12.6. The molecule has 0 saturated heterocycles. The lowest BCUT2D eigenvalue weighted by Gasteiger charge is -2.18. The molecule has 0 spiro atoms. The van der Waals surface area contributed by atoms with E-state index in [0.29, 0.717) is 22.7 Å².